The number of aryl methyl sites for hydroxylation is 3. The zero-order chi connectivity index (χ0) is 18.7. The molecule has 0 atom stereocenters. The molecule has 0 amide bonds. The van der Waals surface area contributed by atoms with E-state index >= 15 is 0 Å². The van der Waals surface area contributed by atoms with Crippen molar-refractivity contribution < 1.29 is 12.8 Å². The first-order valence-corrected chi connectivity index (χ1v) is 9.93. The summed E-state index contributed by atoms with van der Waals surface area (Å²) in [5, 5.41) is 0. The van der Waals surface area contributed by atoms with E-state index in [9.17, 15) is 8.42 Å². The summed E-state index contributed by atoms with van der Waals surface area (Å²) in [6.45, 7) is 5.99. The Bertz CT molecular complexity index is 1010. The summed E-state index contributed by atoms with van der Waals surface area (Å²) in [5.74, 6) is 1.26. The maximum Gasteiger partial charge on any atom is 0.240 e. The van der Waals surface area contributed by atoms with E-state index in [-0.39, 0.29) is 11.4 Å². The van der Waals surface area contributed by atoms with Crippen LogP contribution in [0.25, 0.3) is 11.5 Å². The van der Waals surface area contributed by atoms with E-state index in [1.807, 2.05) is 51.1 Å². The first kappa shape index (κ1) is 18.4. The van der Waals surface area contributed by atoms with Crippen LogP contribution >= 0.6 is 0 Å². The Morgan fingerprint density at radius 3 is 2.42 bits per heavy atom. The summed E-state index contributed by atoms with van der Waals surface area (Å²) in [4.78, 5) is 4.79. The number of hydrogen-bond donors (Lipinski definition) is 1. The minimum Gasteiger partial charge on any atom is -0.441 e. The number of nitrogens with zero attached hydrogens (tertiary/aromatic N) is 1. The minimum atomic E-state index is -3.52. The monoisotopic (exact) mass is 370 g/mol. The molecule has 26 heavy (non-hydrogen) atoms. The summed E-state index contributed by atoms with van der Waals surface area (Å²) < 4.78 is 33.1. The molecule has 0 saturated carbocycles. The van der Waals surface area contributed by atoms with Gasteiger partial charge in [0.1, 0.15) is 5.76 Å². The highest BCUT2D eigenvalue weighted by Gasteiger charge is 2.15. The van der Waals surface area contributed by atoms with Crippen LogP contribution in [0.1, 0.15) is 22.6 Å². The summed E-state index contributed by atoms with van der Waals surface area (Å²) in [6, 6.07) is 14.8. The maximum atomic E-state index is 12.4. The van der Waals surface area contributed by atoms with Crippen molar-refractivity contribution in [1.82, 2.24) is 9.71 Å². The Balaban J connectivity index is 1.68. The molecular formula is C20H22N2O3S. The fourth-order valence-electron chi connectivity index (χ4n) is 2.65. The van der Waals surface area contributed by atoms with Crippen molar-refractivity contribution in [1.29, 1.82) is 0 Å². The number of rotatable bonds is 6. The van der Waals surface area contributed by atoms with Gasteiger partial charge >= 0.3 is 0 Å². The van der Waals surface area contributed by atoms with Crippen molar-refractivity contribution in [2.45, 2.75) is 32.1 Å². The molecule has 136 valence electrons. The minimum absolute atomic E-state index is 0.261. The van der Waals surface area contributed by atoms with Crippen molar-refractivity contribution in [2.24, 2.45) is 0 Å². The van der Waals surface area contributed by atoms with E-state index in [0.717, 1.165) is 16.8 Å². The standard InChI is InChI=1S/C20H22N2O3S/c1-14-7-9-17(10-8-14)20-22-19(16(3)25-20)11-12-21-26(23,24)18-6-4-5-15(2)13-18/h4-10,13,21H,11-12H2,1-3H3. The number of oxazole rings is 1. The number of benzene rings is 2. The Labute approximate surface area is 154 Å². The number of hydrogen-bond acceptors (Lipinski definition) is 4. The molecule has 0 bridgehead atoms. The van der Waals surface area contributed by atoms with Gasteiger partial charge in [0.25, 0.3) is 0 Å². The zero-order valence-corrected chi connectivity index (χ0v) is 15.9. The van der Waals surface area contributed by atoms with Crippen molar-refractivity contribution in [2.75, 3.05) is 6.54 Å². The van der Waals surface area contributed by atoms with E-state index in [1.54, 1.807) is 18.2 Å². The van der Waals surface area contributed by atoms with Crippen molar-refractivity contribution in [3.63, 3.8) is 0 Å². The fourth-order valence-corrected chi connectivity index (χ4v) is 3.79. The van der Waals surface area contributed by atoms with Gasteiger partial charge in [-0.05, 0) is 50.6 Å². The quantitative estimate of drug-likeness (QED) is 0.716. The number of aromatic nitrogens is 1. The van der Waals surface area contributed by atoms with E-state index in [0.29, 0.717) is 18.1 Å². The van der Waals surface area contributed by atoms with E-state index in [1.165, 1.54) is 5.56 Å². The molecule has 0 unspecified atom stereocenters. The van der Waals surface area contributed by atoms with Gasteiger partial charge in [-0.15, -0.1) is 0 Å². The third kappa shape index (κ3) is 4.20. The topological polar surface area (TPSA) is 72.2 Å². The summed E-state index contributed by atoms with van der Waals surface area (Å²) in [7, 11) is -3.52. The normalized spacial score (nSPS) is 11.7. The lowest BCUT2D eigenvalue weighted by Gasteiger charge is -2.06. The molecule has 0 aliphatic carbocycles. The maximum absolute atomic E-state index is 12.4. The smallest absolute Gasteiger partial charge is 0.240 e. The molecule has 1 heterocycles. The van der Waals surface area contributed by atoms with Crippen LogP contribution in [0.4, 0.5) is 0 Å². The molecule has 0 spiro atoms. The molecule has 0 aliphatic rings. The average Bonchev–Trinajstić information content (AvgIpc) is 2.96. The number of nitrogens with one attached hydrogen (secondary N) is 1. The van der Waals surface area contributed by atoms with Gasteiger partial charge in [0.2, 0.25) is 15.9 Å². The Hall–Kier alpha value is -2.44. The van der Waals surface area contributed by atoms with Crippen LogP contribution in [0.5, 0.6) is 0 Å². The van der Waals surface area contributed by atoms with Crippen molar-refractivity contribution in [3.05, 3.63) is 71.1 Å². The summed E-state index contributed by atoms with van der Waals surface area (Å²) in [5.41, 5.74) is 3.74. The van der Waals surface area contributed by atoms with Gasteiger partial charge in [-0.1, -0.05) is 29.8 Å². The third-order valence-corrected chi connectivity index (χ3v) is 5.60. The largest absolute Gasteiger partial charge is 0.441 e. The van der Waals surface area contributed by atoms with Gasteiger partial charge < -0.3 is 4.42 Å². The molecule has 6 heteroatoms. The van der Waals surface area contributed by atoms with Gasteiger partial charge in [0.05, 0.1) is 10.6 Å². The molecule has 2 aromatic carbocycles. The van der Waals surface area contributed by atoms with Gasteiger partial charge in [0.15, 0.2) is 0 Å². The molecule has 3 aromatic rings. The van der Waals surface area contributed by atoms with Crippen LogP contribution < -0.4 is 4.72 Å². The predicted octanol–water partition coefficient (Wildman–Crippen LogP) is 3.79. The average molecular weight is 370 g/mol. The first-order valence-electron chi connectivity index (χ1n) is 8.45. The predicted molar refractivity (Wildman–Crippen MR) is 101 cm³/mol. The Kier molecular flexibility index (Phi) is 5.25. The third-order valence-electron chi connectivity index (χ3n) is 4.14. The Morgan fingerprint density at radius 2 is 1.73 bits per heavy atom. The lowest BCUT2D eigenvalue weighted by Crippen LogP contribution is -2.26. The summed E-state index contributed by atoms with van der Waals surface area (Å²) >= 11 is 0. The van der Waals surface area contributed by atoms with Gasteiger partial charge in [-0.25, -0.2) is 18.1 Å². The zero-order valence-electron chi connectivity index (χ0n) is 15.1. The summed E-state index contributed by atoms with van der Waals surface area (Å²) in [6.07, 6.45) is 0.465. The number of sulfonamides is 1. The van der Waals surface area contributed by atoms with Crippen molar-refractivity contribution >= 4 is 10.0 Å². The highest BCUT2D eigenvalue weighted by Crippen LogP contribution is 2.22. The lowest BCUT2D eigenvalue weighted by atomic mass is 10.1. The molecule has 0 fully saturated rings. The van der Waals surface area contributed by atoms with Crippen LogP contribution in [0, 0.1) is 20.8 Å². The molecule has 0 saturated heterocycles. The molecule has 5 nitrogen and oxygen atoms in total. The SMILES string of the molecule is Cc1ccc(-c2nc(CCNS(=O)(=O)c3cccc(C)c3)c(C)o2)cc1. The second-order valence-corrected chi connectivity index (χ2v) is 8.12. The van der Waals surface area contributed by atoms with Crippen LogP contribution in [0.3, 0.4) is 0 Å². The highest BCUT2D eigenvalue weighted by atomic mass is 32.2. The van der Waals surface area contributed by atoms with Crippen LogP contribution in [-0.4, -0.2) is 19.9 Å². The highest BCUT2D eigenvalue weighted by molar-refractivity contribution is 7.89. The van der Waals surface area contributed by atoms with Crippen LogP contribution in [-0.2, 0) is 16.4 Å². The first-order chi connectivity index (χ1) is 12.3. The lowest BCUT2D eigenvalue weighted by molar-refractivity contribution is 0.538. The molecule has 0 aliphatic heterocycles. The second kappa shape index (κ2) is 7.43. The van der Waals surface area contributed by atoms with E-state index in [4.69, 9.17) is 4.42 Å². The van der Waals surface area contributed by atoms with Gasteiger partial charge in [-0.2, -0.15) is 0 Å². The molecule has 1 aromatic heterocycles. The van der Waals surface area contributed by atoms with Crippen LogP contribution in [0.2, 0.25) is 0 Å². The fraction of sp³-hybridized carbons (Fsp3) is 0.250. The molecule has 3 rings (SSSR count). The molecular weight excluding hydrogens is 348 g/mol. The molecule has 1 N–H and O–H groups in total. The Morgan fingerprint density at radius 1 is 1.00 bits per heavy atom. The van der Waals surface area contributed by atoms with Gasteiger partial charge in [-0.3, -0.25) is 0 Å². The van der Waals surface area contributed by atoms with Crippen LogP contribution in [0.15, 0.2) is 57.8 Å². The molecule has 0 radical (unpaired) electrons. The van der Waals surface area contributed by atoms with Gasteiger partial charge in [0, 0.05) is 18.5 Å². The second-order valence-electron chi connectivity index (χ2n) is 6.35. The van der Waals surface area contributed by atoms with E-state index < -0.39 is 10.0 Å². The van der Waals surface area contributed by atoms with Crippen molar-refractivity contribution in [3.8, 4) is 11.5 Å². The van der Waals surface area contributed by atoms with E-state index in [2.05, 4.69) is 9.71 Å².